The highest BCUT2D eigenvalue weighted by Gasteiger charge is 2.26. The molecule has 0 radical (unpaired) electrons. The van der Waals surface area contributed by atoms with E-state index in [1.165, 1.54) is 43.8 Å². The fourth-order valence-corrected chi connectivity index (χ4v) is 7.82. The molecule has 0 aliphatic rings. The van der Waals surface area contributed by atoms with E-state index in [4.69, 9.17) is 4.42 Å². The summed E-state index contributed by atoms with van der Waals surface area (Å²) in [6, 6.07) is 71.8. The van der Waals surface area contributed by atoms with E-state index in [1.807, 2.05) is 6.07 Å². The second-order valence-electron chi connectivity index (χ2n) is 13.3. The van der Waals surface area contributed by atoms with Crippen LogP contribution in [0.25, 0.3) is 76.9 Å². The van der Waals surface area contributed by atoms with Gasteiger partial charge in [0.1, 0.15) is 11.2 Å². The standard InChI is InChI=1S/C50H33NO/c1-3-15-34(16-4-1)38-31-39(35-17-5-2-6-18-35)33-40(32-38)43-29-30-48-49(44-25-11-12-28-47(44)52-48)50(43)51(45-26-13-21-36-19-7-9-23-41(36)45)46-27-14-22-37-20-8-10-24-42(37)46/h1-33H. The molecule has 10 rings (SSSR count). The Labute approximate surface area is 302 Å². The topological polar surface area (TPSA) is 16.4 Å². The third-order valence-electron chi connectivity index (χ3n) is 10.2. The van der Waals surface area contributed by atoms with Gasteiger partial charge in [-0.3, -0.25) is 0 Å². The van der Waals surface area contributed by atoms with Gasteiger partial charge < -0.3 is 9.32 Å². The molecule has 0 aliphatic carbocycles. The molecule has 0 saturated carbocycles. The molecule has 0 unspecified atom stereocenters. The average Bonchev–Trinajstić information content (AvgIpc) is 3.61. The second-order valence-corrected chi connectivity index (χ2v) is 13.3. The molecule has 9 aromatic carbocycles. The zero-order chi connectivity index (χ0) is 34.4. The summed E-state index contributed by atoms with van der Waals surface area (Å²) in [5.41, 5.74) is 12.0. The molecular weight excluding hydrogens is 631 g/mol. The highest BCUT2D eigenvalue weighted by Crippen LogP contribution is 2.51. The van der Waals surface area contributed by atoms with Crippen LogP contribution in [0.1, 0.15) is 0 Å². The number of nitrogens with zero attached hydrogens (tertiary/aromatic N) is 1. The van der Waals surface area contributed by atoms with Gasteiger partial charge in [-0.05, 0) is 87.1 Å². The van der Waals surface area contributed by atoms with Crippen LogP contribution in [0.3, 0.4) is 0 Å². The predicted octanol–water partition coefficient (Wildman–Crippen LogP) is 14.4. The van der Waals surface area contributed by atoms with E-state index in [9.17, 15) is 0 Å². The minimum Gasteiger partial charge on any atom is -0.456 e. The lowest BCUT2D eigenvalue weighted by molar-refractivity contribution is 0.669. The molecule has 2 heteroatoms. The Hall–Kier alpha value is -6.90. The first-order chi connectivity index (χ1) is 25.8. The van der Waals surface area contributed by atoms with Gasteiger partial charge in [-0.25, -0.2) is 0 Å². The second kappa shape index (κ2) is 12.5. The predicted molar refractivity (Wildman–Crippen MR) is 220 cm³/mol. The van der Waals surface area contributed by atoms with E-state index in [-0.39, 0.29) is 0 Å². The molecule has 0 saturated heterocycles. The maximum Gasteiger partial charge on any atom is 0.137 e. The molecular formula is C50H33NO. The van der Waals surface area contributed by atoms with Crippen LogP contribution in [0, 0.1) is 0 Å². The van der Waals surface area contributed by atoms with E-state index >= 15 is 0 Å². The average molecular weight is 664 g/mol. The van der Waals surface area contributed by atoms with Crippen LogP contribution in [0.5, 0.6) is 0 Å². The number of hydrogen-bond acceptors (Lipinski definition) is 2. The largest absolute Gasteiger partial charge is 0.456 e. The fourth-order valence-electron chi connectivity index (χ4n) is 7.82. The van der Waals surface area contributed by atoms with Gasteiger partial charge in [0.05, 0.1) is 22.4 Å². The van der Waals surface area contributed by atoms with Gasteiger partial charge in [-0.2, -0.15) is 0 Å². The summed E-state index contributed by atoms with van der Waals surface area (Å²) in [4.78, 5) is 2.49. The fraction of sp³-hybridized carbons (Fsp3) is 0. The van der Waals surface area contributed by atoms with Gasteiger partial charge in [-0.1, -0.05) is 152 Å². The molecule has 0 aliphatic heterocycles. The van der Waals surface area contributed by atoms with Gasteiger partial charge in [-0.15, -0.1) is 0 Å². The maximum atomic E-state index is 6.64. The van der Waals surface area contributed by atoms with Crippen LogP contribution in [0.15, 0.2) is 205 Å². The normalized spacial score (nSPS) is 11.5. The lowest BCUT2D eigenvalue weighted by atomic mass is 9.91. The first kappa shape index (κ1) is 30.0. The molecule has 10 aromatic rings. The first-order valence-electron chi connectivity index (χ1n) is 17.8. The molecule has 0 fully saturated rings. The number of fused-ring (bicyclic) bond motifs is 5. The first-order valence-corrected chi connectivity index (χ1v) is 17.8. The van der Waals surface area contributed by atoms with Crippen molar-refractivity contribution in [3.63, 3.8) is 0 Å². The van der Waals surface area contributed by atoms with E-state index in [1.54, 1.807) is 0 Å². The van der Waals surface area contributed by atoms with Crippen LogP contribution >= 0.6 is 0 Å². The van der Waals surface area contributed by atoms with Gasteiger partial charge in [0, 0.05) is 21.7 Å². The number of rotatable bonds is 6. The van der Waals surface area contributed by atoms with Crippen molar-refractivity contribution in [1.29, 1.82) is 0 Å². The highest BCUT2D eigenvalue weighted by atomic mass is 16.3. The van der Waals surface area contributed by atoms with Crippen molar-refractivity contribution in [1.82, 2.24) is 0 Å². The van der Waals surface area contributed by atoms with Crippen molar-refractivity contribution in [3.05, 3.63) is 200 Å². The van der Waals surface area contributed by atoms with Crippen LogP contribution < -0.4 is 4.90 Å². The van der Waals surface area contributed by atoms with Crippen molar-refractivity contribution >= 4 is 60.5 Å². The van der Waals surface area contributed by atoms with Crippen molar-refractivity contribution in [2.24, 2.45) is 0 Å². The Kier molecular flexibility index (Phi) is 7.18. The van der Waals surface area contributed by atoms with E-state index in [0.717, 1.165) is 50.1 Å². The zero-order valence-corrected chi connectivity index (χ0v) is 28.4. The molecule has 0 spiro atoms. The number of benzene rings is 9. The van der Waals surface area contributed by atoms with Gasteiger partial charge in [0.2, 0.25) is 0 Å². The van der Waals surface area contributed by atoms with Gasteiger partial charge >= 0.3 is 0 Å². The Morgan fingerprint density at radius 3 is 1.40 bits per heavy atom. The van der Waals surface area contributed by atoms with Crippen LogP contribution in [0.4, 0.5) is 17.1 Å². The summed E-state index contributed by atoms with van der Waals surface area (Å²) in [6.07, 6.45) is 0. The molecule has 52 heavy (non-hydrogen) atoms. The number of anilines is 3. The zero-order valence-electron chi connectivity index (χ0n) is 28.4. The summed E-state index contributed by atoms with van der Waals surface area (Å²) < 4.78 is 6.64. The van der Waals surface area contributed by atoms with Crippen molar-refractivity contribution < 1.29 is 4.42 Å². The summed E-state index contributed by atoms with van der Waals surface area (Å²) in [6.45, 7) is 0. The SMILES string of the molecule is c1ccc(-c2cc(-c3ccccc3)cc(-c3ccc4oc5ccccc5c4c3N(c3cccc4ccccc34)c3cccc4ccccc34)c2)cc1. The minimum atomic E-state index is 0.855. The van der Waals surface area contributed by atoms with Crippen LogP contribution in [-0.4, -0.2) is 0 Å². The summed E-state index contributed by atoms with van der Waals surface area (Å²) in [7, 11) is 0. The van der Waals surface area contributed by atoms with Crippen LogP contribution in [-0.2, 0) is 0 Å². The lowest BCUT2D eigenvalue weighted by Gasteiger charge is -2.31. The minimum absolute atomic E-state index is 0.855. The smallest absolute Gasteiger partial charge is 0.137 e. The summed E-state index contributed by atoms with van der Waals surface area (Å²) in [5.74, 6) is 0. The Morgan fingerprint density at radius 2 is 0.808 bits per heavy atom. The maximum absolute atomic E-state index is 6.64. The molecule has 0 amide bonds. The molecule has 1 aromatic heterocycles. The van der Waals surface area contributed by atoms with Crippen LogP contribution in [0.2, 0.25) is 0 Å². The van der Waals surface area contributed by atoms with E-state index < -0.39 is 0 Å². The summed E-state index contributed by atoms with van der Waals surface area (Å²) in [5, 5.41) is 6.90. The van der Waals surface area contributed by atoms with E-state index in [2.05, 4.69) is 199 Å². The molecule has 0 bridgehead atoms. The van der Waals surface area contributed by atoms with Crippen molar-refractivity contribution in [3.8, 4) is 33.4 Å². The monoisotopic (exact) mass is 663 g/mol. The molecule has 0 N–H and O–H groups in total. The molecule has 244 valence electrons. The molecule has 0 atom stereocenters. The summed E-state index contributed by atoms with van der Waals surface area (Å²) >= 11 is 0. The number of hydrogen-bond donors (Lipinski definition) is 0. The van der Waals surface area contributed by atoms with Gasteiger partial charge in [0.15, 0.2) is 0 Å². The van der Waals surface area contributed by atoms with E-state index in [0.29, 0.717) is 0 Å². The Morgan fingerprint density at radius 1 is 0.327 bits per heavy atom. The highest BCUT2D eigenvalue weighted by molar-refractivity contribution is 6.19. The van der Waals surface area contributed by atoms with Crippen molar-refractivity contribution in [2.45, 2.75) is 0 Å². The molecule has 1 heterocycles. The quantitative estimate of drug-likeness (QED) is 0.176. The number of furan rings is 1. The Bertz CT molecular complexity index is 2760. The Balaban J connectivity index is 1.37. The molecule has 2 nitrogen and oxygen atoms in total. The third-order valence-corrected chi connectivity index (χ3v) is 10.2. The van der Waals surface area contributed by atoms with Gasteiger partial charge in [0.25, 0.3) is 0 Å². The lowest BCUT2D eigenvalue weighted by Crippen LogP contribution is -2.13. The number of para-hydroxylation sites is 1. The van der Waals surface area contributed by atoms with Crippen molar-refractivity contribution in [2.75, 3.05) is 4.90 Å². The third kappa shape index (κ3) is 5.04.